The minimum atomic E-state index is -0.314. The maximum atomic E-state index is 12.8. The van der Waals surface area contributed by atoms with Crippen molar-refractivity contribution < 1.29 is 4.79 Å². The minimum absolute atomic E-state index is 0.314. The lowest BCUT2D eigenvalue weighted by Gasteiger charge is -2.09. The zero-order valence-corrected chi connectivity index (χ0v) is 15.3. The average Bonchev–Trinajstić information content (AvgIpc) is 3.16. The van der Waals surface area contributed by atoms with Crippen LogP contribution in [0, 0.1) is 4.77 Å². The summed E-state index contributed by atoms with van der Waals surface area (Å²) in [4.78, 5) is 20.2. The van der Waals surface area contributed by atoms with Crippen LogP contribution in [0.5, 0.6) is 0 Å². The van der Waals surface area contributed by atoms with Crippen LogP contribution in [-0.4, -0.2) is 25.0 Å². The van der Waals surface area contributed by atoms with Crippen LogP contribution < -0.4 is 5.32 Å². The highest BCUT2D eigenvalue weighted by molar-refractivity contribution is 7.71. The molecule has 0 aliphatic rings. The number of aromatic nitrogens is 4. The van der Waals surface area contributed by atoms with E-state index in [0.29, 0.717) is 27.0 Å². The van der Waals surface area contributed by atoms with Gasteiger partial charge in [0.1, 0.15) is 5.69 Å². The van der Waals surface area contributed by atoms with Crippen molar-refractivity contribution in [3.8, 4) is 5.69 Å². The van der Waals surface area contributed by atoms with Crippen LogP contribution in [0.15, 0.2) is 54.7 Å². The van der Waals surface area contributed by atoms with Gasteiger partial charge in [0.2, 0.25) is 5.95 Å². The second-order valence-corrected chi connectivity index (χ2v) is 6.55. The molecule has 8 heteroatoms. The van der Waals surface area contributed by atoms with Crippen molar-refractivity contribution in [2.24, 2.45) is 7.05 Å². The molecule has 0 unspecified atom stereocenters. The SMILES string of the molecule is Cn1c(NC(=O)c2c[nH]c(=S)n2-c2ccccc2)nc2cc(Cl)ccc21. The fourth-order valence-corrected chi connectivity index (χ4v) is 3.25. The number of hydrogen-bond donors (Lipinski definition) is 2. The molecule has 130 valence electrons. The number of benzene rings is 2. The first kappa shape index (κ1) is 16.6. The first-order chi connectivity index (χ1) is 12.5. The summed E-state index contributed by atoms with van der Waals surface area (Å²) in [5.74, 6) is 0.115. The van der Waals surface area contributed by atoms with Crippen molar-refractivity contribution in [1.82, 2.24) is 19.1 Å². The Balaban J connectivity index is 1.72. The summed E-state index contributed by atoms with van der Waals surface area (Å²) in [5.41, 5.74) is 2.79. The first-order valence-electron chi connectivity index (χ1n) is 7.84. The number of amides is 1. The number of aromatic amines is 1. The number of hydrogen-bond acceptors (Lipinski definition) is 3. The molecule has 6 nitrogen and oxygen atoms in total. The molecule has 0 spiro atoms. The fourth-order valence-electron chi connectivity index (χ4n) is 2.82. The lowest BCUT2D eigenvalue weighted by Crippen LogP contribution is -2.18. The molecule has 0 aliphatic carbocycles. The first-order valence-corrected chi connectivity index (χ1v) is 8.62. The Labute approximate surface area is 159 Å². The molecule has 2 heterocycles. The predicted molar refractivity (Wildman–Crippen MR) is 105 cm³/mol. The van der Waals surface area contributed by atoms with Gasteiger partial charge in [-0.15, -0.1) is 0 Å². The minimum Gasteiger partial charge on any atom is -0.336 e. The standard InChI is InChI=1S/C18H14ClN5OS/c1-23-14-8-7-11(19)9-13(14)21-17(23)22-16(25)15-10-20-18(26)24(15)12-5-3-2-4-6-12/h2-10H,1H3,(H,20,26)(H,21,22,25). The van der Waals surface area contributed by atoms with E-state index >= 15 is 0 Å². The predicted octanol–water partition coefficient (Wildman–Crippen LogP) is 4.33. The number of halogens is 1. The van der Waals surface area contributed by atoms with E-state index < -0.39 is 0 Å². The number of H-pyrrole nitrogens is 1. The Morgan fingerprint density at radius 1 is 1.23 bits per heavy atom. The summed E-state index contributed by atoms with van der Waals surface area (Å²) < 4.78 is 3.93. The summed E-state index contributed by atoms with van der Waals surface area (Å²) in [7, 11) is 1.83. The largest absolute Gasteiger partial charge is 0.336 e. The van der Waals surface area contributed by atoms with E-state index in [4.69, 9.17) is 23.8 Å². The summed E-state index contributed by atoms with van der Waals surface area (Å²) in [6, 6.07) is 14.9. The summed E-state index contributed by atoms with van der Waals surface area (Å²) >= 11 is 11.3. The van der Waals surface area contributed by atoms with Crippen LogP contribution in [0.2, 0.25) is 5.02 Å². The normalized spacial score (nSPS) is 11.0. The second kappa shape index (κ2) is 6.44. The van der Waals surface area contributed by atoms with Gasteiger partial charge in [-0.3, -0.25) is 14.7 Å². The van der Waals surface area contributed by atoms with Crippen LogP contribution >= 0.6 is 23.8 Å². The van der Waals surface area contributed by atoms with Gasteiger partial charge in [0.15, 0.2) is 4.77 Å². The molecule has 26 heavy (non-hydrogen) atoms. The van der Waals surface area contributed by atoms with Gasteiger partial charge >= 0.3 is 0 Å². The van der Waals surface area contributed by atoms with E-state index in [-0.39, 0.29) is 5.91 Å². The quantitative estimate of drug-likeness (QED) is 0.517. The van der Waals surface area contributed by atoms with Crippen LogP contribution in [0.1, 0.15) is 10.5 Å². The Kier molecular flexibility index (Phi) is 4.10. The van der Waals surface area contributed by atoms with E-state index in [2.05, 4.69) is 15.3 Å². The molecule has 2 aromatic heterocycles. The van der Waals surface area contributed by atoms with Crippen molar-refractivity contribution in [1.29, 1.82) is 0 Å². The molecule has 0 atom stereocenters. The van der Waals surface area contributed by atoms with Gasteiger partial charge in [-0.25, -0.2) is 4.98 Å². The molecule has 0 saturated heterocycles. The van der Waals surface area contributed by atoms with Crippen LogP contribution in [0.3, 0.4) is 0 Å². The van der Waals surface area contributed by atoms with Gasteiger partial charge in [-0.2, -0.15) is 0 Å². The third-order valence-electron chi connectivity index (χ3n) is 4.09. The van der Waals surface area contributed by atoms with E-state index in [1.807, 2.05) is 43.4 Å². The molecular weight excluding hydrogens is 370 g/mol. The van der Waals surface area contributed by atoms with Gasteiger partial charge in [0.25, 0.3) is 5.91 Å². The average molecular weight is 384 g/mol. The van der Waals surface area contributed by atoms with Crippen LogP contribution in [0.4, 0.5) is 5.95 Å². The summed E-state index contributed by atoms with van der Waals surface area (Å²) in [6.07, 6.45) is 1.59. The van der Waals surface area contributed by atoms with Gasteiger partial charge in [-0.05, 0) is 42.5 Å². The molecule has 0 fully saturated rings. The number of aryl methyl sites for hydroxylation is 1. The summed E-state index contributed by atoms with van der Waals surface area (Å²) in [5, 5.41) is 3.44. The Morgan fingerprint density at radius 2 is 2.00 bits per heavy atom. The molecular formula is C18H14ClN5OS. The van der Waals surface area contributed by atoms with E-state index in [1.54, 1.807) is 27.5 Å². The molecule has 2 N–H and O–H groups in total. The molecule has 0 radical (unpaired) electrons. The monoisotopic (exact) mass is 383 g/mol. The number of nitrogens with one attached hydrogen (secondary N) is 2. The van der Waals surface area contributed by atoms with Crippen molar-refractivity contribution in [3.05, 3.63) is 70.2 Å². The highest BCUT2D eigenvalue weighted by Gasteiger charge is 2.17. The van der Waals surface area contributed by atoms with Gasteiger partial charge in [-0.1, -0.05) is 29.8 Å². The van der Waals surface area contributed by atoms with Gasteiger partial charge in [0.05, 0.1) is 11.0 Å². The Bertz CT molecular complexity index is 1180. The highest BCUT2D eigenvalue weighted by Crippen LogP contribution is 2.22. The Morgan fingerprint density at radius 3 is 2.77 bits per heavy atom. The molecule has 2 aromatic carbocycles. The van der Waals surface area contributed by atoms with Gasteiger partial charge in [0, 0.05) is 24.0 Å². The molecule has 4 rings (SSSR count). The lowest BCUT2D eigenvalue weighted by atomic mass is 10.3. The third kappa shape index (κ3) is 2.81. The zero-order chi connectivity index (χ0) is 18.3. The number of rotatable bonds is 3. The maximum Gasteiger partial charge on any atom is 0.276 e. The number of carbonyl (C=O) groups excluding carboxylic acids is 1. The zero-order valence-electron chi connectivity index (χ0n) is 13.7. The van der Waals surface area contributed by atoms with Crippen molar-refractivity contribution >= 4 is 46.7 Å². The molecule has 1 amide bonds. The van der Waals surface area contributed by atoms with E-state index in [9.17, 15) is 4.79 Å². The number of nitrogens with zero attached hydrogens (tertiary/aromatic N) is 3. The number of imidazole rings is 2. The van der Waals surface area contributed by atoms with Gasteiger partial charge < -0.3 is 9.55 Å². The topological polar surface area (TPSA) is 67.6 Å². The van der Waals surface area contributed by atoms with Crippen molar-refractivity contribution in [2.75, 3.05) is 5.32 Å². The van der Waals surface area contributed by atoms with E-state index in [1.165, 1.54) is 0 Å². The third-order valence-corrected chi connectivity index (χ3v) is 4.63. The number of para-hydroxylation sites is 1. The lowest BCUT2D eigenvalue weighted by molar-refractivity contribution is 0.101. The second-order valence-electron chi connectivity index (χ2n) is 5.73. The molecule has 0 bridgehead atoms. The van der Waals surface area contributed by atoms with Crippen LogP contribution in [0.25, 0.3) is 16.7 Å². The smallest absolute Gasteiger partial charge is 0.276 e. The molecule has 0 saturated carbocycles. The van der Waals surface area contributed by atoms with E-state index in [0.717, 1.165) is 11.2 Å². The molecule has 0 aliphatic heterocycles. The van der Waals surface area contributed by atoms with Crippen LogP contribution in [-0.2, 0) is 7.05 Å². The van der Waals surface area contributed by atoms with Crippen molar-refractivity contribution in [3.63, 3.8) is 0 Å². The Hall–Kier alpha value is -2.90. The number of carbonyl (C=O) groups is 1. The highest BCUT2D eigenvalue weighted by atomic mass is 35.5. The summed E-state index contributed by atoms with van der Waals surface area (Å²) in [6.45, 7) is 0. The molecule has 4 aromatic rings. The maximum absolute atomic E-state index is 12.8. The number of anilines is 1. The fraction of sp³-hybridized carbons (Fsp3) is 0.0556. The number of fused-ring (bicyclic) bond motifs is 1. The van der Waals surface area contributed by atoms with Crippen molar-refractivity contribution in [2.45, 2.75) is 0 Å².